The standard InChI is InChI=1S/C19H24N2O2/c1-11-4-15(14-10-20-21-16(14)5-11)19(2-3-22)13-6-12-7-17(19)18(23,8-12)9-13/h4-5,10,12-13,17,22-23H,2-3,6-9H2,1H3,(H,20,21). The summed E-state index contributed by atoms with van der Waals surface area (Å²) in [7, 11) is 0. The summed E-state index contributed by atoms with van der Waals surface area (Å²) >= 11 is 0. The maximum absolute atomic E-state index is 11.2. The molecule has 0 spiro atoms. The Kier molecular flexibility index (Phi) is 2.66. The molecule has 122 valence electrons. The number of aryl methyl sites for hydroxylation is 1. The number of fused-ring (bicyclic) bond motifs is 1. The number of aromatic nitrogens is 2. The van der Waals surface area contributed by atoms with Gasteiger partial charge < -0.3 is 10.2 Å². The number of benzene rings is 1. The Morgan fingerprint density at radius 1 is 1.30 bits per heavy atom. The van der Waals surface area contributed by atoms with E-state index in [1.807, 2.05) is 6.20 Å². The summed E-state index contributed by atoms with van der Waals surface area (Å²) in [6.07, 6.45) is 6.85. The predicted octanol–water partition coefficient (Wildman–Crippen LogP) is 2.67. The Bertz CT molecular complexity index is 785. The van der Waals surface area contributed by atoms with E-state index in [0.717, 1.165) is 31.2 Å². The van der Waals surface area contributed by atoms with Gasteiger partial charge in [-0.2, -0.15) is 5.10 Å². The molecule has 0 aliphatic heterocycles. The summed E-state index contributed by atoms with van der Waals surface area (Å²) in [5.74, 6) is 1.45. The van der Waals surface area contributed by atoms with Gasteiger partial charge in [-0.3, -0.25) is 5.10 Å². The first kappa shape index (κ1) is 14.0. The minimum absolute atomic E-state index is 0.0926. The van der Waals surface area contributed by atoms with Crippen LogP contribution in [0.5, 0.6) is 0 Å². The zero-order valence-electron chi connectivity index (χ0n) is 13.5. The second-order valence-corrected chi connectivity index (χ2v) is 8.26. The molecule has 23 heavy (non-hydrogen) atoms. The highest BCUT2D eigenvalue weighted by Crippen LogP contribution is 2.70. The third-order valence-electron chi connectivity index (χ3n) is 7.16. The third-order valence-corrected chi connectivity index (χ3v) is 7.16. The van der Waals surface area contributed by atoms with Gasteiger partial charge in [0.15, 0.2) is 0 Å². The van der Waals surface area contributed by atoms with Crippen molar-refractivity contribution in [1.82, 2.24) is 10.2 Å². The fraction of sp³-hybridized carbons (Fsp3) is 0.632. The van der Waals surface area contributed by atoms with Crippen molar-refractivity contribution in [1.29, 1.82) is 0 Å². The van der Waals surface area contributed by atoms with Crippen molar-refractivity contribution in [2.24, 2.45) is 17.8 Å². The highest BCUT2D eigenvalue weighted by Gasteiger charge is 2.69. The number of aliphatic hydroxyl groups is 2. The van der Waals surface area contributed by atoms with Gasteiger partial charge in [0.25, 0.3) is 0 Å². The molecule has 1 aromatic heterocycles. The van der Waals surface area contributed by atoms with Gasteiger partial charge in [-0.15, -0.1) is 0 Å². The van der Waals surface area contributed by atoms with E-state index >= 15 is 0 Å². The lowest BCUT2D eigenvalue weighted by molar-refractivity contribution is 0.00380. The third kappa shape index (κ3) is 1.61. The highest BCUT2D eigenvalue weighted by molar-refractivity contribution is 5.84. The van der Waals surface area contributed by atoms with Crippen LogP contribution >= 0.6 is 0 Å². The molecule has 4 heteroatoms. The molecule has 3 N–H and O–H groups in total. The van der Waals surface area contributed by atoms with Crippen LogP contribution in [0.25, 0.3) is 10.9 Å². The number of hydrogen-bond donors (Lipinski definition) is 3. The first-order chi connectivity index (χ1) is 11.1. The van der Waals surface area contributed by atoms with Crippen molar-refractivity contribution in [2.45, 2.75) is 50.0 Å². The van der Waals surface area contributed by atoms with Crippen LogP contribution in [0.1, 0.15) is 43.2 Å². The first-order valence-corrected chi connectivity index (χ1v) is 8.84. The number of nitrogens with zero attached hydrogens (tertiary/aromatic N) is 1. The molecule has 5 unspecified atom stereocenters. The van der Waals surface area contributed by atoms with E-state index < -0.39 is 5.60 Å². The molecule has 0 saturated heterocycles. The number of H-pyrrole nitrogens is 1. The fourth-order valence-electron chi connectivity index (χ4n) is 6.65. The Morgan fingerprint density at radius 3 is 2.96 bits per heavy atom. The lowest BCUT2D eigenvalue weighted by Crippen LogP contribution is -2.43. The average molecular weight is 312 g/mol. The summed E-state index contributed by atoms with van der Waals surface area (Å²) in [5.41, 5.74) is 2.99. The molecule has 4 saturated carbocycles. The molecule has 2 aromatic rings. The van der Waals surface area contributed by atoms with Crippen molar-refractivity contribution < 1.29 is 10.2 Å². The van der Waals surface area contributed by atoms with Crippen LogP contribution in [-0.2, 0) is 5.41 Å². The Hall–Kier alpha value is -1.39. The largest absolute Gasteiger partial charge is 0.396 e. The van der Waals surface area contributed by atoms with Crippen molar-refractivity contribution in [3.63, 3.8) is 0 Å². The van der Waals surface area contributed by atoms with E-state index in [1.54, 1.807) is 0 Å². The van der Waals surface area contributed by atoms with E-state index in [2.05, 4.69) is 29.3 Å². The fourth-order valence-corrected chi connectivity index (χ4v) is 6.65. The van der Waals surface area contributed by atoms with Crippen LogP contribution in [0, 0.1) is 24.7 Å². The van der Waals surface area contributed by atoms with E-state index in [4.69, 9.17) is 0 Å². The number of nitrogens with one attached hydrogen (secondary N) is 1. The topological polar surface area (TPSA) is 69.1 Å². The molecule has 0 radical (unpaired) electrons. The lowest BCUT2D eigenvalue weighted by atomic mass is 9.58. The number of hydrogen-bond acceptors (Lipinski definition) is 3. The molecule has 4 aliphatic carbocycles. The number of aromatic amines is 1. The molecule has 0 amide bonds. The molecule has 6 rings (SSSR count). The normalized spacial score (nSPS) is 41.3. The quantitative estimate of drug-likeness (QED) is 0.816. The summed E-state index contributed by atoms with van der Waals surface area (Å²) in [6.45, 7) is 2.30. The van der Waals surface area contributed by atoms with Gasteiger partial charge in [0.2, 0.25) is 0 Å². The maximum Gasteiger partial charge on any atom is 0.0690 e. The van der Waals surface area contributed by atoms with E-state index in [1.165, 1.54) is 22.9 Å². The SMILES string of the molecule is Cc1cc(C2(CCO)C3CC4CC2C(O)(C4)C3)c2cn[nH]c2c1. The second kappa shape index (κ2) is 4.37. The Balaban J connectivity index is 1.78. The molecular formula is C19H24N2O2. The molecular weight excluding hydrogens is 288 g/mol. The number of aliphatic hydroxyl groups excluding tert-OH is 1. The van der Waals surface area contributed by atoms with Crippen LogP contribution in [0.4, 0.5) is 0 Å². The lowest BCUT2D eigenvalue weighted by Gasteiger charge is -2.45. The van der Waals surface area contributed by atoms with Crippen molar-refractivity contribution >= 4 is 10.9 Å². The van der Waals surface area contributed by atoms with E-state index in [0.29, 0.717) is 11.8 Å². The van der Waals surface area contributed by atoms with Crippen molar-refractivity contribution in [3.8, 4) is 0 Å². The number of rotatable bonds is 3. The van der Waals surface area contributed by atoms with Gasteiger partial charge in [0.05, 0.1) is 17.3 Å². The van der Waals surface area contributed by atoms with Crippen LogP contribution in [0.15, 0.2) is 18.3 Å². The van der Waals surface area contributed by atoms with Crippen molar-refractivity contribution in [2.75, 3.05) is 6.61 Å². The van der Waals surface area contributed by atoms with E-state index in [9.17, 15) is 10.2 Å². The first-order valence-electron chi connectivity index (χ1n) is 8.84. The monoisotopic (exact) mass is 312 g/mol. The van der Waals surface area contributed by atoms with Gasteiger partial charge >= 0.3 is 0 Å². The van der Waals surface area contributed by atoms with Crippen LogP contribution in [0.3, 0.4) is 0 Å². The predicted molar refractivity (Wildman–Crippen MR) is 88.1 cm³/mol. The second-order valence-electron chi connectivity index (χ2n) is 8.26. The molecule has 5 atom stereocenters. The minimum Gasteiger partial charge on any atom is -0.396 e. The zero-order valence-corrected chi connectivity index (χ0v) is 13.5. The summed E-state index contributed by atoms with van der Waals surface area (Å²) in [5, 5.41) is 29.7. The molecule has 4 fully saturated rings. The van der Waals surface area contributed by atoms with E-state index in [-0.39, 0.29) is 17.9 Å². The minimum atomic E-state index is -0.511. The van der Waals surface area contributed by atoms with Gasteiger partial charge in [0, 0.05) is 17.4 Å². The van der Waals surface area contributed by atoms with Crippen LogP contribution in [-0.4, -0.2) is 32.6 Å². The van der Waals surface area contributed by atoms with Crippen molar-refractivity contribution in [3.05, 3.63) is 29.5 Å². The van der Waals surface area contributed by atoms with Crippen LogP contribution in [0.2, 0.25) is 0 Å². The van der Waals surface area contributed by atoms with Gasteiger partial charge in [-0.1, -0.05) is 6.07 Å². The zero-order chi connectivity index (χ0) is 15.8. The molecule has 4 bridgehead atoms. The summed E-state index contributed by atoms with van der Waals surface area (Å²) in [4.78, 5) is 0. The highest BCUT2D eigenvalue weighted by atomic mass is 16.3. The Labute approximate surface area is 135 Å². The summed E-state index contributed by atoms with van der Waals surface area (Å²) in [6, 6.07) is 4.42. The smallest absolute Gasteiger partial charge is 0.0690 e. The van der Waals surface area contributed by atoms with Gasteiger partial charge in [-0.05, 0) is 74.0 Å². The molecule has 1 aromatic carbocycles. The van der Waals surface area contributed by atoms with Crippen LogP contribution < -0.4 is 0 Å². The Morgan fingerprint density at radius 2 is 2.17 bits per heavy atom. The molecule has 4 aliphatic rings. The maximum atomic E-state index is 11.2. The average Bonchev–Trinajstić information content (AvgIpc) is 3.09. The van der Waals surface area contributed by atoms with Gasteiger partial charge in [-0.25, -0.2) is 0 Å². The van der Waals surface area contributed by atoms with Gasteiger partial charge in [0.1, 0.15) is 0 Å². The molecule has 1 heterocycles. The molecule has 4 nitrogen and oxygen atoms in total. The summed E-state index contributed by atoms with van der Waals surface area (Å²) < 4.78 is 0.